The zero-order valence-corrected chi connectivity index (χ0v) is 26.1. The van der Waals surface area contributed by atoms with Gasteiger partial charge in [0.25, 0.3) is 0 Å². The van der Waals surface area contributed by atoms with E-state index in [1.807, 2.05) is 41.0 Å². The van der Waals surface area contributed by atoms with Crippen LogP contribution in [0.5, 0.6) is 0 Å². The number of primary amides is 1. The predicted molar refractivity (Wildman–Crippen MR) is 168 cm³/mol. The molecule has 43 heavy (non-hydrogen) atoms. The fraction of sp³-hybridized carbons (Fsp3) is 0.333. The number of fused-ring (bicyclic) bond motifs is 3. The van der Waals surface area contributed by atoms with Gasteiger partial charge >= 0.3 is 0 Å². The van der Waals surface area contributed by atoms with Crippen molar-refractivity contribution in [2.45, 2.75) is 64.0 Å². The van der Waals surface area contributed by atoms with Gasteiger partial charge in [-0.3, -0.25) is 4.79 Å². The molecule has 1 fully saturated rings. The number of carbonyl (C=O) groups excluding carboxylic acids is 1. The molecule has 1 aliphatic carbocycles. The molecule has 6 nitrogen and oxygen atoms in total. The van der Waals surface area contributed by atoms with Gasteiger partial charge < -0.3 is 19.9 Å². The first-order valence-electron chi connectivity index (χ1n) is 14.2. The molecular weight excluding hydrogens is 670 g/mol. The third-order valence-corrected chi connectivity index (χ3v) is 9.40. The van der Waals surface area contributed by atoms with E-state index in [1.54, 1.807) is 19.1 Å². The smallest absolute Gasteiger partial charge is 0.249 e. The largest absolute Gasteiger partial charge is 0.386 e. The molecule has 6 rings (SSSR count). The number of nitrogens with two attached hydrogens (primary N) is 1. The molecule has 1 atom stereocenters. The van der Waals surface area contributed by atoms with Crippen molar-refractivity contribution in [3.63, 3.8) is 0 Å². The zero-order chi connectivity index (χ0) is 30.8. The summed E-state index contributed by atoms with van der Waals surface area (Å²) in [5.74, 6) is -3.82. The molecule has 0 spiro atoms. The van der Waals surface area contributed by atoms with Crippen LogP contribution in [0.3, 0.4) is 0 Å². The van der Waals surface area contributed by atoms with Gasteiger partial charge in [-0.05, 0) is 85.4 Å². The van der Waals surface area contributed by atoms with Crippen LogP contribution in [-0.4, -0.2) is 26.7 Å². The topological polar surface area (TPSA) is 94.3 Å². The number of nitrogens with zero attached hydrogens (tertiary/aromatic N) is 2. The number of aryl methyl sites for hydroxylation is 1. The van der Waals surface area contributed by atoms with E-state index in [9.17, 15) is 18.7 Å². The Labute approximate surface area is 260 Å². The summed E-state index contributed by atoms with van der Waals surface area (Å²) in [5.41, 5.74) is 7.53. The second kappa shape index (κ2) is 10.7. The lowest BCUT2D eigenvalue weighted by molar-refractivity contribution is -0.0493. The van der Waals surface area contributed by atoms with E-state index < -0.39 is 29.3 Å². The summed E-state index contributed by atoms with van der Waals surface area (Å²) in [6, 6.07) is 15.6. The lowest BCUT2D eigenvalue weighted by Crippen LogP contribution is -2.30. The van der Waals surface area contributed by atoms with Crippen LogP contribution in [0.1, 0.15) is 72.8 Å². The van der Waals surface area contributed by atoms with Gasteiger partial charge in [0.15, 0.2) is 9.52 Å². The molecule has 5 aromatic rings. The number of alkyl halides is 2. The monoisotopic (exact) mass is 701 g/mol. The van der Waals surface area contributed by atoms with Crippen molar-refractivity contribution >= 4 is 50.3 Å². The average Bonchev–Trinajstić information content (AvgIpc) is 3.46. The Bertz CT molecular complexity index is 1850. The molecule has 10 heteroatoms. The van der Waals surface area contributed by atoms with Crippen molar-refractivity contribution in [3.8, 4) is 11.1 Å². The van der Waals surface area contributed by atoms with E-state index in [4.69, 9.17) is 10.3 Å². The van der Waals surface area contributed by atoms with E-state index in [-0.39, 0.29) is 48.2 Å². The highest BCUT2D eigenvalue weighted by Crippen LogP contribution is 2.48. The van der Waals surface area contributed by atoms with E-state index in [2.05, 4.69) is 27.7 Å². The molecule has 3 N–H and O–H groups in total. The molecule has 2 heterocycles. The predicted octanol–water partition coefficient (Wildman–Crippen LogP) is 8.24. The highest BCUT2D eigenvalue weighted by Gasteiger charge is 2.40. The zero-order valence-electron chi connectivity index (χ0n) is 23.9. The van der Waals surface area contributed by atoms with Gasteiger partial charge in [0.2, 0.25) is 11.8 Å². The molecule has 2 aromatic heterocycles. The van der Waals surface area contributed by atoms with Crippen molar-refractivity contribution in [2.75, 3.05) is 0 Å². The summed E-state index contributed by atoms with van der Waals surface area (Å²) >= 11 is 2.05. The first-order chi connectivity index (χ1) is 20.3. The minimum atomic E-state index is -2.76. The van der Waals surface area contributed by atoms with Crippen LogP contribution in [0, 0.1) is 22.4 Å². The fourth-order valence-corrected chi connectivity index (χ4v) is 7.44. The maximum atomic E-state index is 16.8. The number of benzene rings is 3. The van der Waals surface area contributed by atoms with Crippen molar-refractivity contribution in [1.29, 1.82) is 0 Å². The maximum absolute atomic E-state index is 16.8. The van der Waals surface area contributed by atoms with Crippen LogP contribution in [0.4, 0.5) is 13.2 Å². The third kappa shape index (κ3) is 5.12. The molecule has 0 aliphatic heterocycles. The summed E-state index contributed by atoms with van der Waals surface area (Å²) in [6.45, 7) is 4.77. The molecule has 0 saturated heterocycles. The Balaban J connectivity index is 1.78. The number of hydrogen-bond acceptors (Lipinski definition) is 4. The Kier molecular flexibility index (Phi) is 7.36. The van der Waals surface area contributed by atoms with Gasteiger partial charge in [0, 0.05) is 34.7 Å². The minimum absolute atomic E-state index is 0.0799. The summed E-state index contributed by atoms with van der Waals surface area (Å²) in [6.07, 6.45) is -0.0894. The number of rotatable bonds is 6. The normalized spacial score (nSPS) is 16.7. The lowest BCUT2D eigenvalue weighted by Gasteiger charge is -2.36. The second-order valence-corrected chi connectivity index (χ2v) is 13.0. The highest BCUT2D eigenvalue weighted by molar-refractivity contribution is 14.1. The highest BCUT2D eigenvalue weighted by atomic mass is 127. The van der Waals surface area contributed by atoms with E-state index in [0.29, 0.717) is 36.9 Å². The molecule has 1 unspecified atom stereocenters. The van der Waals surface area contributed by atoms with Gasteiger partial charge in [0.05, 0.1) is 28.2 Å². The minimum Gasteiger partial charge on any atom is -0.386 e. The van der Waals surface area contributed by atoms with E-state index in [1.165, 1.54) is 19.9 Å². The Morgan fingerprint density at radius 3 is 2.42 bits per heavy atom. The van der Waals surface area contributed by atoms with Crippen molar-refractivity contribution in [1.82, 2.24) is 9.72 Å². The van der Waals surface area contributed by atoms with Gasteiger partial charge in [0.1, 0.15) is 5.76 Å². The molecule has 1 aliphatic rings. The van der Waals surface area contributed by atoms with E-state index in [0.717, 1.165) is 5.56 Å². The molecular formula is C33H31F3IN3O3. The van der Waals surface area contributed by atoms with Crippen LogP contribution >= 0.6 is 22.6 Å². The van der Waals surface area contributed by atoms with Crippen molar-refractivity contribution < 1.29 is 27.6 Å². The van der Waals surface area contributed by atoms with Crippen LogP contribution < -0.4 is 5.73 Å². The fourth-order valence-electron chi connectivity index (χ4n) is 6.65. The number of hydrogen-bond donors (Lipinski definition) is 2. The molecule has 1 saturated carbocycles. The van der Waals surface area contributed by atoms with E-state index >= 15 is 4.39 Å². The quantitative estimate of drug-likeness (QED) is 0.175. The van der Waals surface area contributed by atoms with Crippen LogP contribution in [0.25, 0.3) is 32.9 Å². The van der Waals surface area contributed by atoms with Crippen LogP contribution in [0.15, 0.2) is 59.1 Å². The average molecular weight is 702 g/mol. The van der Waals surface area contributed by atoms with Crippen molar-refractivity contribution in [3.05, 3.63) is 86.6 Å². The number of aliphatic hydroxyl groups is 1. The standard InChI is InChI=1S/C33H31F3IN3O3/c1-17-25(30(37)39-43-17)20-15-22(31(38)41)26-21-9-10-23(32(2,3)42)27(34)29(21)40(24(26)16-20)28(18-7-5-4-6-8-18)19-11-13-33(35,36)14-12-19/h4-10,15-16,19,28,42H,11-14H2,1-3H3,(H2,38,41). The number of halogens is 4. The maximum Gasteiger partial charge on any atom is 0.249 e. The second-order valence-electron chi connectivity index (χ2n) is 12.0. The van der Waals surface area contributed by atoms with Gasteiger partial charge in [-0.1, -0.05) is 47.6 Å². The van der Waals surface area contributed by atoms with Gasteiger partial charge in [-0.25, -0.2) is 13.2 Å². The summed E-state index contributed by atoms with van der Waals surface area (Å²) in [7, 11) is 0. The number of carbonyl (C=O) groups is 1. The summed E-state index contributed by atoms with van der Waals surface area (Å²) in [5, 5.41) is 15.9. The molecule has 0 radical (unpaired) electrons. The lowest BCUT2D eigenvalue weighted by atomic mass is 9.79. The van der Waals surface area contributed by atoms with Crippen molar-refractivity contribution in [2.24, 2.45) is 11.7 Å². The summed E-state index contributed by atoms with van der Waals surface area (Å²) in [4.78, 5) is 13.0. The molecule has 0 bridgehead atoms. The summed E-state index contributed by atoms with van der Waals surface area (Å²) < 4.78 is 53.5. The SMILES string of the molecule is Cc1onc(I)c1-c1cc(C(N)=O)c2c3ccc(C(C)(C)O)c(F)c3n(C(c3ccccc3)C3CCC(F)(F)CC3)c2c1. The first kappa shape index (κ1) is 29.7. The van der Waals surface area contributed by atoms with Gasteiger partial charge in [-0.2, -0.15) is 0 Å². The molecule has 1 amide bonds. The van der Waals surface area contributed by atoms with Gasteiger partial charge in [-0.15, -0.1) is 0 Å². The Morgan fingerprint density at radius 1 is 1.16 bits per heavy atom. The molecule has 224 valence electrons. The Morgan fingerprint density at radius 2 is 1.84 bits per heavy atom. The molecule has 3 aromatic carbocycles. The van der Waals surface area contributed by atoms with Crippen LogP contribution in [-0.2, 0) is 5.60 Å². The Hall–Kier alpha value is -3.38. The van der Waals surface area contributed by atoms with Crippen LogP contribution in [0.2, 0.25) is 0 Å². The first-order valence-corrected chi connectivity index (χ1v) is 15.2. The third-order valence-electron chi connectivity index (χ3n) is 8.67. The number of amides is 1. The number of aromatic nitrogens is 2.